The summed E-state index contributed by atoms with van der Waals surface area (Å²) in [5.74, 6) is -0.243. The summed E-state index contributed by atoms with van der Waals surface area (Å²) >= 11 is 0. The number of carbonyl (C=O) groups is 1. The minimum atomic E-state index is -0.279. The second-order valence-corrected chi connectivity index (χ2v) is 4.77. The van der Waals surface area contributed by atoms with E-state index in [-0.39, 0.29) is 11.7 Å². The van der Waals surface area contributed by atoms with Gasteiger partial charge in [0.05, 0.1) is 24.4 Å². The van der Waals surface area contributed by atoms with E-state index in [1.807, 2.05) is 13.0 Å². The SMILES string of the molecule is COCC(C)c1nn(Cc2cccc(F)c2)cc1C=O. The summed E-state index contributed by atoms with van der Waals surface area (Å²) in [6.07, 6.45) is 2.47. The summed E-state index contributed by atoms with van der Waals surface area (Å²) in [6.45, 7) is 2.88. The fourth-order valence-corrected chi connectivity index (χ4v) is 2.16. The molecule has 20 heavy (non-hydrogen) atoms. The molecule has 0 saturated heterocycles. The van der Waals surface area contributed by atoms with E-state index in [9.17, 15) is 9.18 Å². The summed E-state index contributed by atoms with van der Waals surface area (Å²) in [4.78, 5) is 11.1. The van der Waals surface area contributed by atoms with Crippen LogP contribution in [0, 0.1) is 5.82 Å². The first-order valence-corrected chi connectivity index (χ1v) is 6.40. The minimum absolute atomic E-state index is 0.0361. The molecule has 0 amide bonds. The molecule has 1 aromatic carbocycles. The lowest BCUT2D eigenvalue weighted by Gasteiger charge is -2.07. The van der Waals surface area contributed by atoms with Crippen molar-refractivity contribution in [3.8, 4) is 0 Å². The molecule has 0 spiro atoms. The first-order chi connectivity index (χ1) is 9.63. The molecular weight excluding hydrogens is 259 g/mol. The first kappa shape index (κ1) is 14.4. The van der Waals surface area contributed by atoms with E-state index >= 15 is 0 Å². The standard InChI is InChI=1S/C15H17FN2O2/c1-11(10-20-2)15-13(9-19)8-18(17-15)7-12-4-3-5-14(16)6-12/h3-6,8-9,11H,7,10H2,1-2H3. The first-order valence-electron chi connectivity index (χ1n) is 6.40. The van der Waals surface area contributed by atoms with Gasteiger partial charge in [0.2, 0.25) is 0 Å². The molecule has 1 aromatic heterocycles. The van der Waals surface area contributed by atoms with E-state index in [0.29, 0.717) is 24.4 Å². The molecule has 1 atom stereocenters. The molecule has 1 unspecified atom stereocenters. The molecule has 0 aliphatic rings. The zero-order valence-electron chi connectivity index (χ0n) is 11.5. The summed E-state index contributed by atoms with van der Waals surface area (Å²) in [7, 11) is 1.61. The van der Waals surface area contributed by atoms with E-state index in [0.717, 1.165) is 11.8 Å². The zero-order valence-corrected chi connectivity index (χ0v) is 11.5. The second kappa shape index (κ2) is 6.43. The van der Waals surface area contributed by atoms with E-state index in [2.05, 4.69) is 5.10 Å². The van der Waals surface area contributed by atoms with E-state index in [1.165, 1.54) is 12.1 Å². The van der Waals surface area contributed by atoms with Crippen LogP contribution in [0.15, 0.2) is 30.5 Å². The largest absolute Gasteiger partial charge is 0.384 e. The highest BCUT2D eigenvalue weighted by Crippen LogP contribution is 2.18. The van der Waals surface area contributed by atoms with Crippen LogP contribution in [0.2, 0.25) is 0 Å². The van der Waals surface area contributed by atoms with Gasteiger partial charge in [0.1, 0.15) is 5.82 Å². The lowest BCUT2D eigenvalue weighted by atomic mass is 10.1. The fraction of sp³-hybridized carbons (Fsp3) is 0.333. The highest BCUT2D eigenvalue weighted by molar-refractivity contribution is 5.76. The number of rotatable bonds is 6. The van der Waals surface area contributed by atoms with Gasteiger partial charge in [0, 0.05) is 19.2 Å². The average molecular weight is 276 g/mol. The molecule has 1 heterocycles. The van der Waals surface area contributed by atoms with Crippen molar-refractivity contribution >= 4 is 6.29 Å². The van der Waals surface area contributed by atoms with E-state index < -0.39 is 0 Å². The van der Waals surface area contributed by atoms with Gasteiger partial charge in [-0.05, 0) is 17.7 Å². The van der Waals surface area contributed by atoms with Crippen molar-refractivity contribution in [3.63, 3.8) is 0 Å². The van der Waals surface area contributed by atoms with Crippen molar-refractivity contribution in [1.82, 2.24) is 9.78 Å². The predicted molar refractivity (Wildman–Crippen MR) is 73.4 cm³/mol. The van der Waals surface area contributed by atoms with Crippen molar-refractivity contribution in [3.05, 3.63) is 53.1 Å². The van der Waals surface area contributed by atoms with Crippen molar-refractivity contribution in [2.24, 2.45) is 0 Å². The number of hydrogen-bond acceptors (Lipinski definition) is 3. The lowest BCUT2D eigenvalue weighted by Crippen LogP contribution is -2.06. The third-order valence-corrected chi connectivity index (χ3v) is 3.06. The van der Waals surface area contributed by atoms with Gasteiger partial charge in [0.25, 0.3) is 0 Å². The highest BCUT2D eigenvalue weighted by atomic mass is 19.1. The quantitative estimate of drug-likeness (QED) is 0.762. The van der Waals surface area contributed by atoms with Gasteiger partial charge in [-0.1, -0.05) is 19.1 Å². The Morgan fingerprint density at radius 2 is 2.30 bits per heavy atom. The van der Waals surface area contributed by atoms with Crippen LogP contribution in [0.3, 0.4) is 0 Å². The maximum atomic E-state index is 13.1. The number of hydrogen-bond donors (Lipinski definition) is 0. The number of halogens is 1. The number of ether oxygens (including phenoxy) is 1. The number of methoxy groups -OCH3 is 1. The lowest BCUT2D eigenvalue weighted by molar-refractivity contribution is 0.112. The monoisotopic (exact) mass is 276 g/mol. The van der Waals surface area contributed by atoms with Crippen LogP contribution < -0.4 is 0 Å². The minimum Gasteiger partial charge on any atom is -0.384 e. The van der Waals surface area contributed by atoms with E-state index in [4.69, 9.17) is 4.74 Å². The molecule has 0 bridgehead atoms. The Morgan fingerprint density at radius 3 is 2.95 bits per heavy atom. The molecule has 0 radical (unpaired) electrons. The molecular formula is C15H17FN2O2. The van der Waals surface area contributed by atoms with E-state index in [1.54, 1.807) is 24.1 Å². The Hall–Kier alpha value is -2.01. The topological polar surface area (TPSA) is 44.1 Å². The van der Waals surface area contributed by atoms with Gasteiger partial charge in [0.15, 0.2) is 6.29 Å². The van der Waals surface area contributed by atoms with Crippen LogP contribution in [-0.2, 0) is 11.3 Å². The number of aromatic nitrogens is 2. The third kappa shape index (κ3) is 3.30. The number of benzene rings is 1. The Bertz CT molecular complexity index is 595. The second-order valence-electron chi connectivity index (χ2n) is 4.77. The Balaban J connectivity index is 2.23. The molecule has 2 aromatic rings. The van der Waals surface area contributed by atoms with Gasteiger partial charge in [-0.15, -0.1) is 0 Å². The maximum Gasteiger partial charge on any atom is 0.153 e. The normalized spacial score (nSPS) is 12.3. The third-order valence-electron chi connectivity index (χ3n) is 3.06. The molecule has 0 aliphatic heterocycles. The zero-order chi connectivity index (χ0) is 14.5. The highest BCUT2D eigenvalue weighted by Gasteiger charge is 2.15. The smallest absolute Gasteiger partial charge is 0.153 e. The van der Waals surface area contributed by atoms with Gasteiger partial charge in [-0.3, -0.25) is 9.48 Å². The molecule has 2 rings (SSSR count). The number of aldehydes is 1. The predicted octanol–water partition coefficient (Wildman–Crippen LogP) is 2.63. The Kier molecular flexibility index (Phi) is 4.63. The molecule has 5 heteroatoms. The summed E-state index contributed by atoms with van der Waals surface area (Å²) in [6, 6.07) is 6.34. The van der Waals surface area contributed by atoms with Gasteiger partial charge in [-0.25, -0.2) is 4.39 Å². The fourth-order valence-electron chi connectivity index (χ4n) is 2.16. The molecule has 0 fully saturated rings. The van der Waals surface area contributed by atoms with Gasteiger partial charge >= 0.3 is 0 Å². The van der Waals surface area contributed by atoms with Crippen LogP contribution >= 0.6 is 0 Å². The van der Waals surface area contributed by atoms with Crippen molar-refractivity contribution in [1.29, 1.82) is 0 Å². The van der Waals surface area contributed by atoms with Crippen molar-refractivity contribution in [2.75, 3.05) is 13.7 Å². The molecule has 0 aliphatic carbocycles. The number of nitrogens with zero attached hydrogens (tertiary/aromatic N) is 2. The van der Waals surface area contributed by atoms with Gasteiger partial charge in [-0.2, -0.15) is 5.10 Å². The van der Waals surface area contributed by atoms with Crippen LogP contribution in [-0.4, -0.2) is 29.8 Å². The van der Waals surface area contributed by atoms with Crippen LogP contribution in [0.5, 0.6) is 0 Å². The molecule has 0 N–H and O–H groups in total. The molecule has 0 saturated carbocycles. The van der Waals surface area contributed by atoms with Gasteiger partial charge < -0.3 is 4.74 Å². The summed E-state index contributed by atoms with van der Waals surface area (Å²) in [5, 5.41) is 4.41. The van der Waals surface area contributed by atoms with Crippen LogP contribution in [0.1, 0.15) is 34.5 Å². The molecule has 4 nitrogen and oxygen atoms in total. The maximum absolute atomic E-state index is 13.1. The Morgan fingerprint density at radius 1 is 1.50 bits per heavy atom. The molecule has 106 valence electrons. The summed E-state index contributed by atoms with van der Waals surface area (Å²) in [5.41, 5.74) is 2.06. The number of carbonyl (C=O) groups excluding carboxylic acids is 1. The van der Waals surface area contributed by atoms with Crippen molar-refractivity contribution < 1.29 is 13.9 Å². The summed E-state index contributed by atoms with van der Waals surface area (Å²) < 4.78 is 19.9. The van der Waals surface area contributed by atoms with Crippen LogP contribution in [0.25, 0.3) is 0 Å². The van der Waals surface area contributed by atoms with Crippen LogP contribution in [0.4, 0.5) is 4.39 Å². The van der Waals surface area contributed by atoms with Crippen molar-refractivity contribution in [2.45, 2.75) is 19.4 Å². The average Bonchev–Trinajstić information content (AvgIpc) is 2.82. The Labute approximate surface area is 117 Å².